The fraction of sp³-hybridized carbons (Fsp3) is 0.625. The van der Waals surface area contributed by atoms with Crippen molar-refractivity contribution in [1.29, 1.82) is 0 Å². The zero-order chi connectivity index (χ0) is 30.5. The van der Waals surface area contributed by atoms with E-state index in [9.17, 15) is 9.59 Å². The van der Waals surface area contributed by atoms with Crippen LogP contribution in [0.25, 0.3) is 17.0 Å². The van der Waals surface area contributed by atoms with Crippen molar-refractivity contribution in [3.8, 4) is 11.4 Å². The van der Waals surface area contributed by atoms with Crippen LogP contribution in [0.2, 0.25) is 10.0 Å². The number of carbonyl (C=O) groups is 2. The van der Waals surface area contributed by atoms with Crippen LogP contribution in [0.4, 0.5) is 0 Å². The van der Waals surface area contributed by atoms with Crippen molar-refractivity contribution in [2.75, 3.05) is 13.1 Å². The van der Waals surface area contributed by atoms with Crippen molar-refractivity contribution >= 4 is 40.7 Å². The molecule has 0 fully saturated rings. The average molecular weight is 620 g/mol. The molecule has 0 saturated heterocycles. The van der Waals surface area contributed by atoms with Gasteiger partial charge in [0.05, 0.1) is 0 Å². The first kappa shape index (κ1) is 33.9. The highest BCUT2D eigenvalue weighted by molar-refractivity contribution is 6.36. The van der Waals surface area contributed by atoms with E-state index in [1.165, 1.54) is 51.4 Å². The molecule has 0 bridgehead atoms. The Morgan fingerprint density at radius 1 is 0.857 bits per heavy atom. The number of amides is 2. The molecule has 3 rings (SSSR count). The van der Waals surface area contributed by atoms with Gasteiger partial charge in [0, 0.05) is 23.7 Å². The van der Waals surface area contributed by atoms with Gasteiger partial charge in [-0.3, -0.25) is 14.7 Å². The standard InChI is InChI=1S/C32H48Cl2N6O2/c1-5-7-9-11-13-15-21-39(22-16-14-12-10-8-6-2)32(42)27(23(3)4)35-31(41)28-26(34)30-37-36-29(40(30)38-28)24-17-19-25(33)20-18-24/h17-20,23,27,38H,5-16,21-22H2,1-4H3,(H,35,41). The van der Waals surface area contributed by atoms with Gasteiger partial charge in [-0.25, -0.2) is 4.52 Å². The molecule has 1 unspecified atom stereocenters. The Kier molecular flexibility index (Phi) is 14.1. The van der Waals surface area contributed by atoms with Gasteiger partial charge in [0.25, 0.3) is 5.91 Å². The number of fused-ring (bicyclic) bond motifs is 1. The summed E-state index contributed by atoms with van der Waals surface area (Å²) in [6.45, 7) is 9.78. The number of aromatic amines is 1. The summed E-state index contributed by atoms with van der Waals surface area (Å²) >= 11 is 12.6. The Labute approximate surface area is 260 Å². The first-order chi connectivity index (χ1) is 20.3. The molecular weight excluding hydrogens is 571 g/mol. The van der Waals surface area contributed by atoms with Crippen molar-refractivity contribution in [1.82, 2.24) is 30.0 Å². The van der Waals surface area contributed by atoms with Gasteiger partial charge in [-0.2, -0.15) is 0 Å². The SMILES string of the molecule is CCCCCCCCN(CCCCCCCC)C(=O)C(NC(=O)c1[nH]n2c(-c3ccc(Cl)cc3)nnc2c1Cl)C(C)C. The highest BCUT2D eigenvalue weighted by Gasteiger charge is 2.31. The summed E-state index contributed by atoms with van der Waals surface area (Å²) in [5, 5.41) is 15.2. The van der Waals surface area contributed by atoms with Crippen LogP contribution in [0.5, 0.6) is 0 Å². The third kappa shape index (κ3) is 9.46. The average Bonchev–Trinajstić information content (AvgIpc) is 3.54. The number of nitrogens with zero attached hydrogens (tertiary/aromatic N) is 4. The minimum Gasteiger partial charge on any atom is -0.341 e. The second-order valence-electron chi connectivity index (χ2n) is 11.5. The van der Waals surface area contributed by atoms with Gasteiger partial charge in [0.15, 0.2) is 11.5 Å². The molecule has 2 amide bonds. The molecule has 1 aromatic carbocycles. The molecule has 3 aromatic rings. The highest BCUT2D eigenvalue weighted by Crippen LogP contribution is 2.26. The summed E-state index contributed by atoms with van der Waals surface area (Å²) in [5.41, 5.74) is 1.26. The maximum Gasteiger partial charge on any atom is 0.271 e. The lowest BCUT2D eigenvalue weighted by Crippen LogP contribution is -2.51. The summed E-state index contributed by atoms with van der Waals surface area (Å²) in [6, 6.07) is 6.50. The second-order valence-corrected chi connectivity index (χ2v) is 12.4. The molecule has 0 spiro atoms. The van der Waals surface area contributed by atoms with Crippen LogP contribution in [0.1, 0.15) is 115 Å². The zero-order valence-electron chi connectivity index (χ0n) is 25.7. The van der Waals surface area contributed by atoms with Crippen LogP contribution in [-0.4, -0.2) is 55.7 Å². The predicted molar refractivity (Wildman–Crippen MR) is 172 cm³/mol. The summed E-state index contributed by atoms with van der Waals surface area (Å²) in [5.74, 6) is -0.0690. The largest absolute Gasteiger partial charge is 0.341 e. The van der Waals surface area contributed by atoms with E-state index in [1.807, 2.05) is 30.9 Å². The number of H-pyrrole nitrogens is 1. The Bertz CT molecular complexity index is 1240. The summed E-state index contributed by atoms with van der Waals surface area (Å²) in [6.07, 6.45) is 14.0. The molecule has 2 aromatic heterocycles. The molecule has 0 radical (unpaired) electrons. The van der Waals surface area contributed by atoms with Crippen molar-refractivity contribution < 1.29 is 9.59 Å². The molecular formula is C32H48Cl2N6O2. The quantitative estimate of drug-likeness (QED) is 0.132. The second kappa shape index (κ2) is 17.5. The smallest absolute Gasteiger partial charge is 0.271 e. The normalized spacial score (nSPS) is 12.3. The van der Waals surface area contributed by atoms with E-state index in [0.717, 1.165) is 31.2 Å². The van der Waals surface area contributed by atoms with Crippen LogP contribution < -0.4 is 5.32 Å². The fourth-order valence-corrected chi connectivity index (χ4v) is 5.54. The number of unbranched alkanes of at least 4 members (excludes halogenated alkanes) is 10. The van der Waals surface area contributed by atoms with Crippen LogP contribution in [0.15, 0.2) is 24.3 Å². The van der Waals surface area contributed by atoms with E-state index >= 15 is 0 Å². The van der Waals surface area contributed by atoms with E-state index in [2.05, 4.69) is 34.5 Å². The first-order valence-electron chi connectivity index (χ1n) is 15.8. The van der Waals surface area contributed by atoms with Crippen LogP contribution >= 0.6 is 23.2 Å². The highest BCUT2D eigenvalue weighted by atomic mass is 35.5. The van der Waals surface area contributed by atoms with Crippen LogP contribution in [0.3, 0.4) is 0 Å². The van der Waals surface area contributed by atoms with Crippen molar-refractivity contribution in [2.45, 2.75) is 111 Å². The van der Waals surface area contributed by atoms with E-state index in [1.54, 1.807) is 16.6 Å². The van der Waals surface area contributed by atoms with E-state index in [0.29, 0.717) is 29.6 Å². The van der Waals surface area contributed by atoms with E-state index in [4.69, 9.17) is 23.2 Å². The van der Waals surface area contributed by atoms with Gasteiger partial charge in [-0.05, 0) is 43.0 Å². The fourth-order valence-electron chi connectivity index (χ4n) is 5.16. The molecule has 0 aliphatic rings. The van der Waals surface area contributed by atoms with Crippen molar-refractivity contribution in [3.63, 3.8) is 0 Å². The molecule has 2 heterocycles. The summed E-state index contributed by atoms with van der Waals surface area (Å²) < 4.78 is 1.58. The lowest BCUT2D eigenvalue weighted by Gasteiger charge is -2.30. The number of carbonyl (C=O) groups excluding carboxylic acids is 2. The van der Waals surface area contributed by atoms with Gasteiger partial charge < -0.3 is 10.2 Å². The molecule has 10 heteroatoms. The third-order valence-electron chi connectivity index (χ3n) is 7.73. The van der Waals surface area contributed by atoms with Crippen molar-refractivity contribution in [3.05, 3.63) is 40.0 Å². The minimum absolute atomic E-state index is 0.0311. The molecule has 2 N–H and O–H groups in total. The van der Waals surface area contributed by atoms with Gasteiger partial charge in [0.1, 0.15) is 16.8 Å². The summed E-state index contributed by atoms with van der Waals surface area (Å²) in [7, 11) is 0. The zero-order valence-corrected chi connectivity index (χ0v) is 27.2. The monoisotopic (exact) mass is 618 g/mol. The third-order valence-corrected chi connectivity index (χ3v) is 8.34. The Hall–Kier alpha value is -2.58. The van der Waals surface area contributed by atoms with Gasteiger partial charge >= 0.3 is 0 Å². The van der Waals surface area contributed by atoms with Crippen molar-refractivity contribution in [2.24, 2.45) is 5.92 Å². The summed E-state index contributed by atoms with van der Waals surface area (Å²) in [4.78, 5) is 29.4. The Morgan fingerprint density at radius 2 is 1.40 bits per heavy atom. The molecule has 0 aliphatic heterocycles. The van der Waals surface area contributed by atoms with Gasteiger partial charge in [-0.15, -0.1) is 10.2 Å². The molecule has 1 atom stereocenters. The van der Waals surface area contributed by atoms with E-state index < -0.39 is 11.9 Å². The lowest BCUT2D eigenvalue weighted by molar-refractivity contribution is -0.134. The number of benzene rings is 1. The first-order valence-corrected chi connectivity index (χ1v) is 16.5. The number of rotatable bonds is 19. The van der Waals surface area contributed by atoms with Crippen LogP contribution in [-0.2, 0) is 4.79 Å². The number of hydrogen-bond acceptors (Lipinski definition) is 4. The topological polar surface area (TPSA) is 95.4 Å². The Morgan fingerprint density at radius 3 is 1.95 bits per heavy atom. The van der Waals surface area contributed by atoms with Crippen LogP contribution in [0, 0.1) is 5.92 Å². The Balaban J connectivity index is 1.72. The van der Waals surface area contributed by atoms with Gasteiger partial charge in [0.2, 0.25) is 5.91 Å². The molecule has 0 aliphatic carbocycles. The minimum atomic E-state index is -0.668. The maximum absolute atomic E-state index is 13.9. The number of aromatic nitrogens is 4. The molecule has 0 saturated carbocycles. The number of hydrogen-bond donors (Lipinski definition) is 2. The van der Waals surface area contributed by atoms with E-state index in [-0.39, 0.29) is 22.5 Å². The maximum atomic E-state index is 13.9. The lowest BCUT2D eigenvalue weighted by atomic mass is 10.0. The molecule has 232 valence electrons. The van der Waals surface area contributed by atoms with Gasteiger partial charge in [-0.1, -0.05) is 115 Å². The molecule has 42 heavy (non-hydrogen) atoms. The number of halogens is 2. The predicted octanol–water partition coefficient (Wildman–Crippen LogP) is 8.34. The number of nitrogens with one attached hydrogen (secondary N) is 2. The molecule has 8 nitrogen and oxygen atoms in total.